The van der Waals surface area contributed by atoms with Crippen LogP contribution in [0.2, 0.25) is 0 Å². The van der Waals surface area contributed by atoms with Crippen molar-refractivity contribution in [1.29, 1.82) is 0 Å². The molecule has 1 aromatic carbocycles. The van der Waals surface area contributed by atoms with Gasteiger partial charge in [0.2, 0.25) is 0 Å². The zero-order valence-electron chi connectivity index (χ0n) is 19.7. The highest BCUT2D eigenvalue weighted by Crippen LogP contribution is 2.34. The van der Waals surface area contributed by atoms with Crippen LogP contribution in [0, 0.1) is 5.92 Å². The van der Waals surface area contributed by atoms with E-state index < -0.39 is 23.3 Å². The summed E-state index contributed by atoms with van der Waals surface area (Å²) in [7, 11) is 1.43. The van der Waals surface area contributed by atoms with Gasteiger partial charge in [0.15, 0.2) is 0 Å². The Labute approximate surface area is 204 Å². The highest BCUT2D eigenvalue weighted by Gasteiger charge is 2.33. The van der Waals surface area contributed by atoms with Crippen LogP contribution in [-0.4, -0.2) is 49.5 Å². The number of fused-ring (bicyclic) bond motifs is 2. The van der Waals surface area contributed by atoms with Gasteiger partial charge in [-0.2, -0.15) is 0 Å². The number of aromatic nitrogens is 3. The van der Waals surface area contributed by atoms with Gasteiger partial charge in [-0.25, -0.2) is 9.86 Å². The monoisotopic (exact) mass is 494 g/mol. The summed E-state index contributed by atoms with van der Waals surface area (Å²) in [5, 5.41) is 12.2. The van der Waals surface area contributed by atoms with E-state index >= 15 is 0 Å². The molecule has 1 aliphatic heterocycles. The van der Waals surface area contributed by atoms with Crippen LogP contribution in [0.15, 0.2) is 46.1 Å². The number of carbonyl (C=O) groups excluding carboxylic acids is 1. The maximum absolute atomic E-state index is 13.7. The maximum Gasteiger partial charge on any atom is 0.331 e. The Bertz CT molecular complexity index is 1560. The molecular formula is C25H26N4O5S. The Kier molecular flexibility index (Phi) is 6.04. The Balaban J connectivity index is 1.77. The normalized spacial score (nSPS) is 16.1. The third-order valence-corrected chi connectivity index (χ3v) is 7.33. The molecule has 0 aliphatic carbocycles. The van der Waals surface area contributed by atoms with Gasteiger partial charge >= 0.3 is 5.69 Å². The van der Waals surface area contributed by atoms with Crippen LogP contribution < -0.4 is 11.2 Å². The smallest absolute Gasteiger partial charge is 0.331 e. The number of rotatable bonds is 5. The predicted octanol–water partition coefficient (Wildman–Crippen LogP) is 2.31. The summed E-state index contributed by atoms with van der Waals surface area (Å²) in [6.07, 6.45) is 1.31. The number of β-amino-alcohol motifs (C(OH)–C–C–N with tert-alkyl or cyclic N) is 1. The van der Waals surface area contributed by atoms with Gasteiger partial charge < -0.3 is 5.11 Å². The second kappa shape index (κ2) is 9.03. The molecule has 182 valence electrons. The lowest BCUT2D eigenvalue weighted by Gasteiger charge is -2.15. The molecule has 5 rings (SSSR count). The molecule has 1 amide bonds. The molecule has 10 heteroatoms. The molecule has 1 N–H and O–H groups in total. The molecule has 0 saturated carbocycles. The van der Waals surface area contributed by atoms with Crippen molar-refractivity contribution >= 4 is 38.4 Å². The lowest BCUT2D eigenvalue weighted by atomic mass is 10.0. The fourth-order valence-electron chi connectivity index (χ4n) is 4.49. The number of pyridine rings is 1. The van der Waals surface area contributed by atoms with Crippen molar-refractivity contribution in [2.75, 3.05) is 13.2 Å². The molecule has 1 atom stereocenters. The van der Waals surface area contributed by atoms with Gasteiger partial charge in [0.1, 0.15) is 17.5 Å². The van der Waals surface area contributed by atoms with Crippen LogP contribution in [0.5, 0.6) is 0 Å². The van der Waals surface area contributed by atoms with Crippen molar-refractivity contribution in [3.63, 3.8) is 0 Å². The average molecular weight is 495 g/mol. The third kappa shape index (κ3) is 4.07. The maximum atomic E-state index is 13.7. The fraction of sp³-hybridized carbons (Fsp3) is 0.360. The summed E-state index contributed by atoms with van der Waals surface area (Å²) in [6, 6.07) is 9.63. The molecule has 0 radical (unpaired) electrons. The first-order valence-electron chi connectivity index (χ1n) is 11.5. The summed E-state index contributed by atoms with van der Waals surface area (Å²) < 4.78 is 2.64. The number of nitrogens with zero attached hydrogens (tertiary/aromatic N) is 4. The van der Waals surface area contributed by atoms with Gasteiger partial charge in [-0.3, -0.25) is 28.5 Å². The van der Waals surface area contributed by atoms with Gasteiger partial charge in [-0.1, -0.05) is 32.0 Å². The molecule has 1 unspecified atom stereocenters. The first-order chi connectivity index (χ1) is 16.8. The second-order valence-corrected chi connectivity index (χ2v) is 10.3. The second-order valence-electron chi connectivity index (χ2n) is 9.21. The molecule has 1 saturated heterocycles. The zero-order valence-corrected chi connectivity index (χ0v) is 20.5. The number of aliphatic hydroxyl groups excluding tert-OH is 1. The third-order valence-electron chi connectivity index (χ3n) is 6.12. The summed E-state index contributed by atoms with van der Waals surface area (Å²) in [5.74, 6) is -0.340. The number of aliphatic hydroxyl groups is 1. The molecular weight excluding hydrogens is 468 g/mol. The number of thiophene rings is 1. The van der Waals surface area contributed by atoms with Crippen molar-refractivity contribution < 1.29 is 14.7 Å². The van der Waals surface area contributed by atoms with Crippen molar-refractivity contribution in [3.05, 3.63) is 73.4 Å². The minimum Gasteiger partial charge on any atom is -0.389 e. The van der Waals surface area contributed by atoms with Gasteiger partial charge in [-0.15, -0.1) is 11.3 Å². The van der Waals surface area contributed by atoms with Crippen LogP contribution in [0.3, 0.4) is 0 Å². The zero-order chi connectivity index (χ0) is 24.9. The Hall–Kier alpha value is -3.34. The molecule has 1 fully saturated rings. The van der Waals surface area contributed by atoms with Gasteiger partial charge in [0, 0.05) is 36.5 Å². The first-order valence-corrected chi connectivity index (χ1v) is 12.3. The average Bonchev–Trinajstić information content (AvgIpc) is 3.44. The number of hydrogen-bond donors (Lipinski definition) is 1. The van der Waals surface area contributed by atoms with E-state index in [4.69, 9.17) is 4.84 Å². The van der Waals surface area contributed by atoms with Crippen LogP contribution in [0.25, 0.3) is 21.1 Å². The summed E-state index contributed by atoms with van der Waals surface area (Å²) in [4.78, 5) is 51.0. The van der Waals surface area contributed by atoms with E-state index in [0.717, 1.165) is 26.1 Å². The minimum atomic E-state index is -0.793. The molecule has 0 spiro atoms. The summed E-state index contributed by atoms with van der Waals surface area (Å²) >= 11 is 1.28. The first kappa shape index (κ1) is 23.4. The van der Waals surface area contributed by atoms with E-state index in [2.05, 4.69) is 4.98 Å². The van der Waals surface area contributed by atoms with Crippen molar-refractivity contribution in [2.24, 2.45) is 13.0 Å². The molecule has 35 heavy (non-hydrogen) atoms. The Morgan fingerprint density at radius 2 is 2.06 bits per heavy atom. The van der Waals surface area contributed by atoms with Gasteiger partial charge in [0.05, 0.1) is 23.0 Å². The number of hydrogen-bond acceptors (Lipinski definition) is 7. The fourth-order valence-corrected chi connectivity index (χ4v) is 5.79. The van der Waals surface area contributed by atoms with Gasteiger partial charge in [-0.05, 0) is 23.6 Å². The van der Waals surface area contributed by atoms with E-state index in [1.165, 1.54) is 18.4 Å². The van der Waals surface area contributed by atoms with Gasteiger partial charge in [0.25, 0.3) is 11.5 Å². The van der Waals surface area contributed by atoms with E-state index in [9.17, 15) is 19.5 Å². The topological polar surface area (TPSA) is 107 Å². The standard InChI is InChI=1S/C25H26N4O5S/c1-14(2)11-28-24-21(22(31)27(3)25(28)33)20(23(32)29-12-16(30)13-34-29)19(35-24)10-15-6-4-8-18-17(15)7-5-9-26-18/h4-9,14,16,30H,10-13H2,1-3H3. The molecule has 4 aromatic rings. The SMILES string of the molecule is CC(C)Cn1c(=O)n(C)c(=O)c2c(C(=O)N3CC(O)CO3)c(Cc3cccc4ncccc34)sc21. The van der Waals surface area contributed by atoms with Crippen molar-refractivity contribution in [3.8, 4) is 0 Å². The highest BCUT2D eigenvalue weighted by atomic mass is 32.1. The highest BCUT2D eigenvalue weighted by molar-refractivity contribution is 7.19. The Morgan fingerprint density at radius 3 is 2.77 bits per heavy atom. The van der Waals surface area contributed by atoms with E-state index in [1.54, 1.807) is 10.8 Å². The predicted molar refractivity (Wildman–Crippen MR) is 134 cm³/mol. The van der Waals surface area contributed by atoms with Crippen molar-refractivity contribution in [2.45, 2.75) is 32.9 Å². The van der Waals surface area contributed by atoms with E-state index in [0.29, 0.717) is 22.7 Å². The van der Waals surface area contributed by atoms with E-state index in [1.807, 2.05) is 44.2 Å². The summed E-state index contributed by atoms with van der Waals surface area (Å²) in [6.45, 7) is 4.42. The number of hydroxylamine groups is 2. The Morgan fingerprint density at radius 1 is 1.26 bits per heavy atom. The molecule has 4 heterocycles. The molecule has 1 aliphatic rings. The molecule has 3 aromatic heterocycles. The van der Waals surface area contributed by atoms with Crippen LogP contribution in [0.4, 0.5) is 0 Å². The van der Waals surface area contributed by atoms with Crippen LogP contribution in [-0.2, 0) is 24.9 Å². The van der Waals surface area contributed by atoms with Crippen LogP contribution >= 0.6 is 11.3 Å². The van der Waals surface area contributed by atoms with Crippen molar-refractivity contribution in [1.82, 2.24) is 19.2 Å². The number of benzene rings is 1. The van der Waals surface area contributed by atoms with E-state index in [-0.39, 0.29) is 30.0 Å². The molecule has 0 bridgehead atoms. The summed E-state index contributed by atoms with van der Waals surface area (Å²) in [5.41, 5.74) is 1.07. The lowest BCUT2D eigenvalue weighted by molar-refractivity contribution is -0.0778. The number of carbonyl (C=O) groups is 1. The minimum absolute atomic E-state index is 0.00814. The quantitative estimate of drug-likeness (QED) is 0.456. The van der Waals surface area contributed by atoms with Crippen LogP contribution in [0.1, 0.15) is 34.6 Å². The number of amides is 1. The lowest BCUT2D eigenvalue weighted by Crippen LogP contribution is -2.39. The molecule has 9 nitrogen and oxygen atoms in total. The largest absolute Gasteiger partial charge is 0.389 e.